The van der Waals surface area contributed by atoms with Crippen molar-refractivity contribution in [2.24, 2.45) is 0 Å². The highest BCUT2D eigenvalue weighted by atomic mass is 15.2. The van der Waals surface area contributed by atoms with Crippen LogP contribution < -0.4 is 0 Å². The van der Waals surface area contributed by atoms with Crippen LogP contribution in [0, 0.1) is 0 Å². The summed E-state index contributed by atoms with van der Waals surface area (Å²) in [5.74, 6) is 0. The second kappa shape index (κ2) is 5.93. The third-order valence-electron chi connectivity index (χ3n) is 2.99. The molecule has 0 spiro atoms. The lowest BCUT2D eigenvalue weighted by molar-refractivity contribution is 0.291. The first-order valence-corrected chi connectivity index (χ1v) is 6.37. The smallest absolute Gasteiger partial charge is 0.0397 e. The van der Waals surface area contributed by atoms with Gasteiger partial charge < -0.3 is 4.90 Å². The van der Waals surface area contributed by atoms with Crippen LogP contribution in [-0.4, -0.2) is 17.5 Å². The molecule has 1 rings (SSSR count). The van der Waals surface area contributed by atoms with Crippen LogP contribution in [0.15, 0.2) is 35.1 Å². The van der Waals surface area contributed by atoms with E-state index in [0.717, 1.165) is 13.0 Å². The zero-order valence-corrected chi connectivity index (χ0v) is 11.4. The lowest BCUT2D eigenvalue weighted by atomic mass is 10.1. The molecule has 0 heterocycles. The molecule has 0 atom stereocenters. The highest BCUT2D eigenvalue weighted by Gasteiger charge is 2.13. The molecule has 1 nitrogen and oxygen atoms in total. The van der Waals surface area contributed by atoms with Crippen LogP contribution in [-0.2, 0) is 0 Å². The van der Waals surface area contributed by atoms with Crippen LogP contribution in [0.1, 0.15) is 47.5 Å². The van der Waals surface area contributed by atoms with Gasteiger partial charge in [0.05, 0.1) is 0 Å². The number of nitrogens with zero attached hydrogens (tertiary/aromatic N) is 1. The first-order chi connectivity index (χ1) is 7.56. The van der Waals surface area contributed by atoms with Crippen LogP contribution in [0.25, 0.3) is 0 Å². The first kappa shape index (κ1) is 13.1. The van der Waals surface area contributed by atoms with Gasteiger partial charge in [-0.25, -0.2) is 0 Å². The summed E-state index contributed by atoms with van der Waals surface area (Å²) < 4.78 is 0. The average Bonchev–Trinajstić information content (AvgIpc) is 2.37. The zero-order valence-electron chi connectivity index (χ0n) is 11.4. The Kier molecular flexibility index (Phi) is 4.85. The molecule has 1 heteroatoms. The van der Waals surface area contributed by atoms with Crippen molar-refractivity contribution >= 4 is 0 Å². The van der Waals surface area contributed by atoms with Gasteiger partial charge >= 0.3 is 0 Å². The maximum absolute atomic E-state index is 2.51. The minimum atomic E-state index is 0.570. The van der Waals surface area contributed by atoms with Crippen molar-refractivity contribution in [3.8, 4) is 0 Å². The molecule has 0 aromatic heterocycles. The van der Waals surface area contributed by atoms with Gasteiger partial charge in [0.15, 0.2) is 0 Å². The van der Waals surface area contributed by atoms with Crippen LogP contribution >= 0.6 is 0 Å². The number of hydrogen-bond donors (Lipinski definition) is 0. The summed E-state index contributed by atoms with van der Waals surface area (Å²) in [6.07, 6.45) is 9.15. The highest BCUT2D eigenvalue weighted by molar-refractivity contribution is 5.36. The summed E-state index contributed by atoms with van der Waals surface area (Å²) >= 11 is 0. The minimum Gasteiger partial charge on any atom is -0.369 e. The fraction of sp³-hybridized carbons (Fsp3) is 0.600. The van der Waals surface area contributed by atoms with Crippen molar-refractivity contribution in [3.05, 3.63) is 35.1 Å². The highest BCUT2D eigenvalue weighted by Crippen LogP contribution is 2.22. The van der Waals surface area contributed by atoms with E-state index in [4.69, 9.17) is 0 Å². The summed E-state index contributed by atoms with van der Waals surface area (Å²) in [5, 5.41) is 0. The summed E-state index contributed by atoms with van der Waals surface area (Å²) in [5.41, 5.74) is 4.24. The summed E-state index contributed by atoms with van der Waals surface area (Å²) in [7, 11) is 0. The molecular weight excluding hydrogens is 194 g/mol. The summed E-state index contributed by atoms with van der Waals surface area (Å²) in [6, 6.07) is 0.570. The second-order valence-corrected chi connectivity index (χ2v) is 4.95. The van der Waals surface area contributed by atoms with Gasteiger partial charge in [-0.05, 0) is 52.2 Å². The van der Waals surface area contributed by atoms with E-state index in [1.165, 1.54) is 23.3 Å². The van der Waals surface area contributed by atoms with Gasteiger partial charge in [0.1, 0.15) is 0 Å². The lowest BCUT2D eigenvalue weighted by Gasteiger charge is -2.31. The van der Waals surface area contributed by atoms with Gasteiger partial charge in [-0.2, -0.15) is 0 Å². The van der Waals surface area contributed by atoms with E-state index in [9.17, 15) is 0 Å². The number of rotatable bonds is 4. The molecule has 0 fully saturated rings. The first-order valence-electron chi connectivity index (χ1n) is 6.37. The van der Waals surface area contributed by atoms with Gasteiger partial charge in [0.2, 0.25) is 0 Å². The molecule has 1 aliphatic carbocycles. The van der Waals surface area contributed by atoms with Gasteiger partial charge in [-0.3, -0.25) is 0 Å². The molecule has 0 aromatic rings. The fourth-order valence-electron chi connectivity index (χ4n) is 2.12. The predicted octanol–water partition coefficient (Wildman–Crippen LogP) is 4.29. The number of allylic oxidation sites excluding steroid dienone is 5. The van der Waals surface area contributed by atoms with E-state index in [0.29, 0.717) is 6.04 Å². The largest absolute Gasteiger partial charge is 0.369 e. The quantitative estimate of drug-likeness (QED) is 0.682. The Bertz CT molecular complexity index is 318. The van der Waals surface area contributed by atoms with E-state index >= 15 is 0 Å². The Morgan fingerprint density at radius 3 is 2.56 bits per heavy atom. The van der Waals surface area contributed by atoms with Crippen molar-refractivity contribution in [2.45, 2.75) is 53.5 Å². The topological polar surface area (TPSA) is 3.24 Å². The molecule has 0 aliphatic heterocycles. The van der Waals surface area contributed by atoms with Crippen molar-refractivity contribution in [3.63, 3.8) is 0 Å². The summed E-state index contributed by atoms with van der Waals surface area (Å²) in [4.78, 5) is 2.51. The Balaban J connectivity index is 3.05. The fourth-order valence-corrected chi connectivity index (χ4v) is 2.12. The Morgan fingerprint density at radius 2 is 2.00 bits per heavy atom. The third-order valence-corrected chi connectivity index (χ3v) is 2.99. The van der Waals surface area contributed by atoms with Crippen LogP contribution in [0.4, 0.5) is 0 Å². The van der Waals surface area contributed by atoms with E-state index in [1.54, 1.807) is 0 Å². The van der Waals surface area contributed by atoms with E-state index in [-0.39, 0.29) is 0 Å². The van der Waals surface area contributed by atoms with Gasteiger partial charge in [0.25, 0.3) is 0 Å². The van der Waals surface area contributed by atoms with Crippen LogP contribution in [0.3, 0.4) is 0 Å². The maximum atomic E-state index is 2.51. The monoisotopic (exact) mass is 219 g/mol. The predicted molar refractivity (Wildman–Crippen MR) is 72.3 cm³/mol. The molecule has 0 N–H and O–H groups in total. The summed E-state index contributed by atoms with van der Waals surface area (Å²) in [6.45, 7) is 12.4. The second-order valence-electron chi connectivity index (χ2n) is 4.95. The molecule has 0 bridgehead atoms. The van der Waals surface area contributed by atoms with Gasteiger partial charge in [-0.1, -0.05) is 24.6 Å². The maximum Gasteiger partial charge on any atom is 0.0397 e. The van der Waals surface area contributed by atoms with E-state index < -0.39 is 0 Å². The van der Waals surface area contributed by atoms with Gasteiger partial charge in [0, 0.05) is 18.3 Å². The third kappa shape index (κ3) is 3.26. The normalized spacial score (nSPS) is 16.5. The van der Waals surface area contributed by atoms with Crippen LogP contribution in [0.2, 0.25) is 0 Å². The molecule has 0 unspecified atom stereocenters. The number of hydrogen-bond acceptors (Lipinski definition) is 1. The molecular formula is C15H25N. The lowest BCUT2D eigenvalue weighted by Crippen LogP contribution is -2.31. The molecule has 0 saturated carbocycles. The van der Waals surface area contributed by atoms with E-state index in [2.05, 4.69) is 57.7 Å². The molecule has 0 saturated heterocycles. The Morgan fingerprint density at radius 1 is 1.31 bits per heavy atom. The standard InChI is InChI=1S/C15H25N/c1-6-10-16(12(2)3)15-11-13(4)8-7-9-14(15)5/h7,9,11-12H,6,8,10H2,1-5H3. The molecule has 0 radical (unpaired) electrons. The zero-order chi connectivity index (χ0) is 12.1. The SMILES string of the molecule is CCCN(C1=C(C)C=CCC(C)=C1)C(C)C. The van der Waals surface area contributed by atoms with Gasteiger partial charge in [-0.15, -0.1) is 0 Å². The molecule has 90 valence electrons. The molecule has 16 heavy (non-hydrogen) atoms. The van der Waals surface area contributed by atoms with Crippen LogP contribution in [0.5, 0.6) is 0 Å². The Hall–Kier alpha value is -0.980. The molecule has 1 aliphatic rings. The van der Waals surface area contributed by atoms with Crippen molar-refractivity contribution in [2.75, 3.05) is 6.54 Å². The molecule has 0 amide bonds. The van der Waals surface area contributed by atoms with Crippen molar-refractivity contribution in [1.29, 1.82) is 0 Å². The van der Waals surface area contributed by atoms with Crippen molar-refractivity contribution in [1.82, 2.24) is 4.90 Å². The van der Waals surface area contributed by atoms with E-state index in [1.807, 2.05) is 0 Å². The average molecular weight is 219 g/mol. The van der Waals surface area contributed by atoms with Crippen molar-refractivity contribution < 1.29 is 0 Å². The molecule has 0 aromatic carbocycles. The minimum absolute atomic E-state index is 0.570. The Labute approximate surface area is 101 Å².